The summed E-state index contributed by atoms with van der Waals surface area (Å²) < 4.78 is 0. The highest BCUT2D eigenvalue weighted by molar-refractivity contribution is 6.30. The molecule has 0 bridgehead atoms. The Balaban J connectivity index is 2.11. The third kappa shape index (κ3) is 2.80. The van der Waals surface area contributed by atoms with Crippen LogP contribution >= 0.6 is 11.6 Å². The zero-order valence-electron chi connectivity index (χ0n) is 9.88. The molecule has 0 saturated carbocycles. The van der Waals surface area contributed by atoms with Gasteiger partial charge < -0.3 is 10.3 Å². The van der Waals surface area contributed by atoms with E-state index in [-0.39, 0.29) is 5.91 Å². The van der Waals surface area contributed by atoms with Crippen LogP contribution in [-0.4, -0.2) is 16.3 Å². The van der Waals surface area contributed by atoms with E-state index in [0.29, 0.717) is 6.54 Å². The van der Waals surface area contributed by atoms with Crippen molar-refractivity contribution in [3.8, 4) is 0 Å². The number of hydrogen-bond donors (Lipinski definition) is 2. The molecule has 4 heteroatoms. The molecule has 1 amide bonds. The fraction of sp³-hybridized carbons (Fsp3) is 0.308. The van der Waals surface area contributed by atoms with Crippen LogP contribution in [-0.2, 0) is 11.3 Å². The highest BCUT2D eigenvalue weighted by Gasteiger charge is 2.08. The van der Waals surface area contributed by atoms with Crippen molar-refractivity contribution in [2.75, 3.05) is 0 Å². The molecule has 2 aromatic rings. The molecule has 0 fully saturated rings. The topological polar surface area (TPSA) is 44.9 Å². The number of aromatic nitrogens is 1. The Kier molecular flexibility index (Phi) is 3.38. The van der Waals surface area contributed by atoms with Crippen LogP contribution in [0.15, 0.2) is 24.3 Å². The maximum absolute atomic E-state index is 11.3. The summed E-state index contributed by atoms with van der Waals surface area (Å²) in [4.78, 5) is 14.6. The molecule has 90 valence electrons. The first-order valence-corrected chi connectivity index (χ1v) is 6.00. The summed E-state index contributed by atoms with van der Waals surface area (Å²) in [6.07, 6.45) is 0. The zero-order valence-corrected chi connectivity index (χ0v) is 10.6. The van der Waals surface area contributed by atoms with Crippen molar-refractivity contribution in [3.05, 3.63) is 35.5 Å². The van der Waals surface area contributed by atoms with Crippen LogP contribution in [0.4, 0.5) is 0 Å². The first-order valence-electron chi connectivity index (χ1n) is 5.56. The van der Waals surface area contributed by atoms with Gasteiger partial charge in [-0.3, -0.25) is 4.79 Å². The molecule has 2 rings (SSSR count). The molecule has 0 aliphatic rings. The van der Waals surface area contributed by atoms with Crippen LogP contribution in [0, 0.1) is 6.92 Å². The maximum atomic E-state index is 11.3. The molecule has 1 unspecified atom stereocenters. The van der Waals surface area contributed by atoms with Crippen LogP contribution in [0.25, 0.3) is 10.9 Å². The van der Waals surface area contributed by atoms with E-state index in [2.05, 4.69) is 22.4 Å². The van der Waals surface area contributed by atoms with Crippen LogP contribution in [0.1, 0.15) is 18.2 Å². The van der Waals surface area contributed by atoms with Gasteiger partial charge in [0.05, 0.1) is 0 Å². The van der Waals surface area contributed by atoms with Gasteiger partial charge in [0.2, 0.25) is 5.91 Å². The lowest BCUT2D eigenvalue weighted by atomic mass is 10.1. The molecule has 0 spiro atoms. The lowest BCUT2D eigenvalue weighted by Gasteiger charge is -2.06. The number of halogens is 1. The van der Waals surface area contributed by atoms with E-state index >= 15 is 0 Å². The Bertz CT molecular complexity index is 545. The van der Waals surface area contributed by atoms with Crippen molar-refractivity contribution in [1.29, 1.82) is 0 Å². The molecule has 3 nitrogen and oxygen atoms in total. The summed E-state index contributed by atoms with van der Waals surface area (Å²) in [5.74, 6) is -0.142. The van der Waals surface area contributed by atoms with E-state index in [1.807, 2.05) is 19.1 Å². The van der Waals surface area contributed by atoms with Crippen molar-refractivity contribution in [2.24, 2.45) is 0 Å². The highest BCUT2D eigenvalue weighted by atomic mass is 35.5. The van der Waals surface area contributed by atoms with Crippen molar-refractivity contribution >= 4 is 28.4 Å². The Labute approximate surface area is 105 Å². The van der Waals surface area contributed by atoms with E-state index in [9.17, 15) is 4.79 Å². The third-order valence-corrected chi connectivity index (χ3v) is 2.85. The van der Waals surface area contributed by atoms with Gasteiger partial charge in [-0.2, -0.15) is 0 Å². The number of amides is 1. The van der Waals surface area contributed by atoms with Gasteiger partial charge >= 0.3 is 0 Å². The van der Waals surface area contributed by atoms with Gasteiger partial charge in [0, 0.05) is 17.8 Å². The van der Waals surface area contributed by atoms with Crippen molar-refractivity contribution in [3.63, 3.8) is 0 Å². The van der Waals surface area contributed by atoms with Crippen LogP contribution in [0.3, 0.4) is 0 Å². The SMILES string of the molecule is Cc1cc2cc(CNC(=O)C(C)Cl)ccc2[nH]1. The Morgan fingerprint density at radius 3 is 2.94 bits per heavy atom. The second-order valence-corrected chi connectivity index (χ2v) is 4.86. The van der Waals surface area contributed by atoms with Gasteiger partial charge in [-0.15, -0.1) is 11.6 Å². The van der Waals surface area contributed by atoms with Gasteiger partial charge in [0.1, 0.15) is 5.38 Å². The van der Waals surface area contributed by atoms with E-state index in [0.717, 1.165) is 22.2 Å². The van der Waals surface area contributed by atoms with E-state index in [1.54, 1.807) is 6.92 Å². The first-order chi connectivity index (χ1) is 8.06. The molecule has 0 aliphatic carbocycles. The summed E-state index contributed by atoms with van der Waals surface area (Å²) in [6.45, 7) is 4.20. The summed E-state index contributed by atoms with van der Waals surface area (Å²) in [5.41, 5.74) is 3.32. The quantitative estimate of drug-likeness (QED) is 0.809. The molecule has 0 saturated heterocycles. The second kappa shape index (κ2) is 4.80. The van der Waals surface area contributed by atoms with E-state index in [4.69, 9.17) is 11.6 Å². The first kappa shape index (κ1) is 12.0. The number of carbonyl (C=O) groups excluding carboxylic acids is 1. The predicted molar refractivity (Wildman–Crippen MR) is 70.2 cm³/mol. The number of alkyl halides is 1. The lowest BCUT2D eigenvalue weighted by molar-refractivity contribution is -0.120. The standard InChI is InChI=1S/C13H15ClN2O/c1-8-5-11-6-10(3-4-12(11)16-8)7-15-13(17)9(2)14/h3-6,9,16H,7H2,1-2H3,(H,15,17). The molecule has 1 heterocycles. The van der Waals surface area contributed by atoms with Crippen LogP contribution in [0.2, 0.25) is 0 Å². The molecule has 0 aliphatic heterocycles. The van der Waals surface area contributed by atoms with Crippen molar-refractivity contribution < 1.29 is 4.79 Å². The van der Waals surface area contributed by atoms with Gasteiger partial charge in [-0.1, -0.05) is 6.07 Å². The number of fused-ring (bicyclic) bond motifs is 1. The molecule has 0 radical (unpaired) electrons. The Morgan fingerprint density at radius 1 is 1.47 bits per heavy atom. The third-order valence-electron chi connectivity index (χ3n) is 2.65. The van der Waals surface area contributed by atoms with E-state index < -0.39 is 5.38 Å². The molecule has 1 aromatic carbocycles. The smallest absolute Gasteiger partial charge is 0.238 e. The molecule has 1 atom stereocenters. The lowest BCUT2D eigenvalue weighted by Crippen LogP contribution is -2.28. The zero-order chi connectivity index (χ0) is 12.4. The van der Waals surface area contributed by atoms with Crippen molar-refractivity contribution in [1.82, 2.24) is 10.3 Å². The van der Waals surface area contributed by atoms with Crippen LogP contribution in [0.5, 0.6) is 0 Å². The normalized spacial score (nSPS) is 12.6. The van der Waals surface area contributed by atoms with E-state index in [1.165, 1.54) is 0 Å². The number of rotatable bonds is 3. The van der Waals surface area contributed by atoms with Crippen LogP contribution < -0.4 is 5.32 Å². The Morgan fingerprint density at radius 2 is 2.24 bits per heavy atom. The van der Waals surface area contributed by atoms with Gasteiger partial charge in [-0.25, -0.2) is 0 Å². The number of benzene rings is 1. The predicted octanol–water partition coefficient (Wildman–Crippen LogP) is 2.72. The number of aryl methyl sites for hydroxylation is 1. The minimum Gasteiger partial charge on any atom is -0.359 e. The fourth-order valence-electron chi connectivity index (χ4n) is 1.77. The number of H-pyrrole nitrogens is 1. The molecule has 2 N–H and O–H groups in total. The number of aromatic amines is 1. The summed E-state index contributed by atoms with van der Waals surface area (Å²) in [6, 6.07) is 8.17. The molecular weight excluding hydrogens is 236 g/mol. The molecular formula is C13H15ClN2O. The largest absolute Gasteiger partial charge is 0.359 e. The monoisotopic (exact) mass is 250 g/mol. The summed E-state index contributed by atoms with van der Waals surface area (Å²) >= 11 is 5.68. The Hall–Kier alpha value is -1.48. The minimum atomic E-state index is -0.492. The van der Waals surface area contributed by atoms with Gasteiger partial charge in [-0.05, 0) is 43.0 Å². The number of nitrogens with one attached hydrogen (secondary N) is 2. The molecule has 17 heavy (non-hydrogen) atoms. The second-order valence-electron chi connectivity index (χ2n) is 4.21. The highest BCUT2D eigenvalue weighted by Crippen LogP contribution is 2.16. The molecule has 1 aromatic heterocycles. The van der Waals surface area contributed by atoms with Gasteiger partial charge in [0.25, 0.3) is 0 Å². The summed E-state index contributed by atoms with van der Waals surface area (Å²) in [5, 5.41) is 3.46. The number of carbonyl (C=O) groups is 1. The van der Waals surface area contributed by atoms with Crippen molar-refractivity contribution in [2.45, 2.75) is 25.8 Å². The maximum Gasteiger partial charge on any atom is 0.238 e. The average Bonchev–Trinajstić information content (AvgIpc) is 2.64. The number of hydrogen-bond acceptors (Lipinski definition) is 1. The average molecular weight is 251 g/mol. The fourth-order valence-corrected chi connectivity index (χ4v) is 1.84. The summed E-state index contributed by atoms with van der Waals surface area (Å²) in [7, 11) is 0. The van der Waals surface area contributed by atoms with Gasteiger partial charge in [0.15, 0.2) is 0 Å². The minimum absolute atomic E-state index is 0.142.